The molecule has 14 heavy (non-hydrogen) atoms. The summed E-state index contributed by atoms with van der Waals surface area (Å²) in [6.45, 7) is 0.614. The maximum absolute atomic E-state index is 11.3. The standard InChI is InChI=1S/C8H10N2O3S/c9-1-2-14-5-7(11)10-3-6(4-10)8(12)13/h6H,2-5H2,(H,12,13). The van der Waals surface area contributed by atoms with Gasteiger partial charge >= 0.3 is 5.97 Å². The number of aliphatic carboxylic acids is 1. The average molecular weight is 214 g/mol. The van der Waals surface area contributed by atoms with Crippen molar-refractivity contribution in [3.05, 3.63) is 0 Å². The Balaban J connectivity index is 2.17. The molecule has 0 unspecified atom stereocenters. The topological polar surface area (TPSA) is 81.4 Å². The molecule has 1 rings (SSSR count). The molecule has 6 heteroatoms. The quantitative estimate of drug-likeness (QED) is 0.655. The second-order valence-electron chi connectivity index (χ2n) is 2.98. The summed E-state index contributed by atoms with van der Waals surface area (Å²) in [5.74, 6) is -0.775. The number of thioether (sulfide) groups is 1. The molecule has 0 aromatic carbocycles. The van der Waals surface area contributed by atoms with Crippen LogP contribution in [0.15, 0.2) is 0 Å². The highest BCUT2D eigenvalue weighted by Gasteiger charge is 2.35. The lowest BCUT2D eigenvalue weighted by Gasteiger charge is -2.36. The number of rotatable bonds is 4. The summed E-state index contributed by atoms with van der Waals surface area (Å²) < 4.78 is 0. The molecule has 1 aliphatic rings. The van der Waals surface area contributed by atoms with Crippen LogP contribution in [0.4, 0.5) is 0 Å². The second-order valence-corrected chi connectivity index (χ2v) is 3.97. The third kappa shape index (κ3) is 2.64. The lowest BCUT2D eigenvalue weighted by atomic mass is 10.0. The molecular weight excluding hydrogens is 204 g/mol. The third-order valence-corrected chi connectivity index (χ3v) is 2.76. The van der Waals surface area contributed by atoms with Crippen LogP contribution in [0.25, 0.3) is 0 Å². The molecule has 1 fully saturated rings. The van der Waals surface area contributed by atoms with Crippen molar-refractivity contribution >= 4 is 23.6 Å². The molecule has 1 saturated heterocycles. The van der Waals surface area contributed by atoms with Crippen molar-refractivity contribution in [3.63, 3.8) is 0 Å². The van der Waals surface area contributed by atoms with Crippen LogP contribution in [0.5, 0.6) is 0 Å². The van der Waals surface area contributed by atoms with Gasteiger partial charge in [0.15, 0.2) is 0 Å². The molecule has 1 N–H and O–H groups in total. The van der Waals surface area contributed by atoms with Crippen molar-refractivity contribution in [3.8, 4) is 6.07 Å². The van der Waals surface area contributed by atoms with Gasteiger partial charge in [-0.2, -0.15) is 5.26 Å². The first-order valence-corrected chi connectivity index (χ1v) is 5.26. The first-order valence-electron chi connectivity index (χ1n) is 4.10. The molecular formula is C8H10N2O3S. The summed E-state index contributed by atoms with van der Waals surface area (Å²) in [4.78, 5) is 23.2. The van der Waals surface area contributed by atoms with Crippen LogP contribution in [0.3, 0.4) is 0 Å². The molecule has 0 bridgehead atoms. The second kappa shape index (κ2) is 4.86. The Morgan fingerprint density at radius 1 is 1.57 bits per heavy atom. The Morgan fingerprint density at radius 3 is 2.71 bits per heavy atom. The number of nitrogens with zero attached hydrogens (tertiary/aromatic N) is 2. The summed E-state index contributed by atoms with van der Waals surface area (Å²) in [5, 5.41) is 16.8. The first kappa shape index (κ1) is 10.9. The van der Waals surface area contributed by atoms with Gasteiger partial charge in [0.25, 0.3) is 0 Å². The zero-order chi connectivity index (χ0) is 10.6. The number of hydrogen-bond acceptors (Lipinski definition) is 4. The predicted octanol–water partition coefficient (Wildman–Crippen LogP) is -0.214. The fraction of sp³-hybridized carbons (Fsp3) is 0.625. The van der Waals surface area contributed by atoms with E-state index in [2.05, 4.69) is 0 Å². The molecule has 5 nitrogen and oxygen atoms in total. The van der Waals surface area contributed by atoms with Crippen LogP contribution in [0.2, 0.25) is 0 Å². The smallest absolute Gasteiger partial charge is 0.310 e. The minimum Gasteiger partial charge on any atom is -0.481 e. The number of carboxylic acids is 1. The van der Waals surface area contributed by atoms with Gasteiger partial charge in [0.05, 0.1) is 23.5 Å². The van der Waals surface area contributed by atoms with Crippen molar-refractivity contribution in [1.82, 2.24) is 4.90 Å². The zero-order valence-electron chi connectivity index (χ0n) is 7.47. The Bertz CT molecular complexity index is 281. The highest BCUT2D eigenvalue weighted by molar-refractivity contribution is 8.00. The van der Waals surface area contributed by atoms with E-state index in [0.29, 0.717) is 18.8 Å². The van der Waals surface area contributed by atoms with E-state index in [1.165, 1.54) is 16.7 Å². The normalized spacial score (nSPS) is 15.8. The monoisotopic (exact) mass is 214 g/mol. The Hall–Kier alpha value is -1.22. The van der Waals surface area contributed by atoms with E-state index in [4.69, 9.17) is 10.4 Å². The average Bonchev–Trinajstić information content (AvgIpc) is 2.01. The number of likely N-dealkylation sites (tertiary alicyclic amines) is 1. The van der Waals surface area contributed by atoms with Crippen LogP contribution in [-0.4, -0.2) is 46.5 Å². The van der Waals surface area contributed by atoms with E-state index >= 15 is 0 Å². The van der Waals surface area contributed by atoms with Crippen molar-refractivity contribution in [1.29, 1.82) is 5.26 Å². The number of carbonyl (C=O) groups excluding carboxylic acids is 1. The van der Waals surface area contributed by atoms with Gasteiger partial charge in [-0.05, 0) is 0 Å². The van der Waals surface area contributed by atoms with Crippen LogP contribution < -0.4 is 0 Å². The molecule has 0 saturated carbocycles. The van der Waals surface area contributed by atoms with Gasteiger partial charge < -0.3 is 10.0 Å². The predicted molar refractivity (Wildman–Crippen MR) is 50.6 cm³/mol. The highest BCUT2D eigenvalue weighted by Crippen LogP contribution is 2.16. The van der Waals surface area contributed by atoms with Gasteiger partial charge in [-0.15, -0.1) is 11.8 Å². The molecule has 1 aliphatic heterocycles. The third-order valence-electron chi connectivity index (χ3n) is 1.98. The fourth-order valence-corrected chi connectivity index (χ4v) is 1.66. The van der Waals surface area contributed by atoms with Gasteiger partial charge in [-0.1, -0.05) is 0 Å². The van der Waals surface area contributed by atoms with Crippen molar-refractivity contribution in [2.45, 2.75) is 0 Å². The fourth-order valence-electron chi connectivity index (χ4n) is 1.11. The molecule has 0 aromatic rings. The van der Waals surface area contributed by atoms with Crippen molar-refractivity contribution < 1.29 is 14.7 Å². The maximum atomic E-state index is 11.3. The summed E-state index contributed by atoms with van der Waals surface area (Å²) >= 11 is 1.25. The van der Waals surface area contributed by atoms with Gasteiger partial charge in [-0.3, -0.25) is 9.59 Å². The largest absolute Gasteiger partial charge is 0.481 e. The van der Waals surface area contributed by atoms with Gasteiger partial charge in [-0.25, -0.2) is 0 Å². The van der Waals surface area contributed by atoms with E-state index in [1.54, 1.807) is 0 Å². The molecule has 0 aromatic heterocycles. The van der Waals surface area contributed by atoms with Crippen LogP contribution >= 0.6 is 11.8 Å². The molecule has 0 atom stereocenters. The summed E-state index contributed by atoms with van der Waals surface area (Å²) in [6.07, 6.45) is 0. The van der Waals surface area contributed by atoms with Crippen LogP contribution in [0.1, 0.15) is 0 Å². The lowest BCUT2D eigenvalue weighted by Crippen LogP contribution is -2.53. The lowest BCUT2D eigenvalue weighted by molar-refractivity contribution is -0.151. The molecule has 1 amide bonds. The summed E-state index contributed by atoms with van der Waals surface area (Å²) in [5.41, 5.74) is 0. The van der Waals surface area contributed by atoms with E-state index in [-0.39, 0.29) is 11.7 Å². The number of carbonyl (C=O) groups is 2. The van der Waals surface area contributed by atoms with Crippen LogP contribution in [0, 0.1) is 17.2 Å². The van der Waals surface area contributed by atoms with Gasteiger partial charge in [0, 0.05) is 13.1 Å². The van der Waals surface area contributed by atoms with E-state index in [9.17, 15) is 9.59 Å². The minimum atomic E-state index is -0.848. The molecule has 1 heterocycles. The summed E-state index contributed by atoms with van der Waals surface area (Å²) in [7, 11) is 0. The maximum Gasteiger partial charge on any atom is 0.310 e. The number of amides is 1. The summed E-state index contributed by atoms with van der Waals surface area (Å²) in [6, 6.07) is 1.92. The van der Waals surface area contributed by atoms with Crippen molar-refractivity contribution in [2.75, 3.05) is 24.6 Å². The SMILES string of the molecule is N#CCSCC(=O)N1CC(C(=O)O)C1. The molecule has 0 radical (unpaired) electrons. The molecule has 76 valence electrons. The Labute approximate surface area is 85.7 Å². The van der Waals surface area contributed by atoms with E-state index in [0.717, 1.165) is 0 Å². The van der Waals surface area contributed by atoms with E-state index < -0.39 is 11.9 Å². The van der Waals surface area contributed by atoms with Gasteiger partial charge in [0.2, 0.25) is 5.91 Å². The number of carboxylic acid groups (broad SMARTS) is 1. The van der Waals surface area contributed by atoms with Crippen molar-refractivity contribution in [2.24, 2.45) is 5.92 Å². The highest BCUT2D eigenvalue weighted by atomic mass is 32.2. The van der Waals surface area contributed by atoms with Crippen LogP contribution in [-0.2, 0) is 9.59 Å². The molecule has 0 spiro atoms. The van der Waals surface area contributed by atoms with E-state index in [1.807, 2.05) is 6.07 Å². The first-order chi connectivity index (χ1) is 6.65. The Morgan fingerprint density at radius 2 is 2.21 bits per heavy atom. The minimum absolute atomic E-state index is 0.0808. The Kier molecular flexibility index (Phi) is 3.77. The number of hydrogen-bond donors (Lipinski definition) is 1. The molecule has 0 aliphatic carbocycles. The number of nitriles is 1. The van der Waals surface area contributed by atoms with Gasteiger partial charge in [0.1, 0.15) is 0 Å². The zero-order valence-corrected chi connectivity index (χ0v) is 8.29.